The number of nitrogens with zero attached hydrogens (tertiary/aromatic N) is 1. The van der Waals surface area contributed by atoms with Crippen LogP contribution in [-0.4, -0.2) is 36.1 Å². The summed E-state index contributed by atoms with van der Waals surface area (Å²) < 4.78 is 90.9. The van der Waals surface area contributed by atoms with Gasteiger partial charge < -0.3 is 10.2 Å². The van der Waals surface area contributed by atoms with Crippen molar-refractivity contribution in [1.29, 1.82) is 0 Å². The molecular formula is C15H15F7N2O. The van der Waals surface area contributed by atoms with E-state index in [2.05, 4.69) is 5.32 Å². The summed E-state index contributed by atoms with van der Waals surface area (Å²) >= 11 is 0. The van der Waals surface area contributed by atoms with Crippen LogP contribution in [0.1, 0.15) is 24.0 Å². The first kappa shape index (κ1) is 19.5. The lowest BCUT2D eigenvalue weighted by Gasteiger charge is -2.35. The van der Waals surface area contributed by atoms with E-state index < -0.39 is 47.8 Å². The zero-order valence-electron chi connectivity index (χ0n) is 12.8. The van der Waals surface area contributed by atoms with Crippen molar-refractivity contribution in [1.82, 2.24) is 10.2 Å². The number of alkyl halides is 6. The van der Waals surface area contributed by atoms with Gasteiger partial charge in [-0.25, -0.2) is 4.39 Å². The van der Waals surface area contributed by atoms with Crippen molar-refractivity contribution in [2.45, 2.75) is 37.8 Å². The van der Waals surface area contributed by atoms with Crippen molar-refractivity contribution in [2.24, 2.45) is 0 Å². The van der Waals surface area contributed by atoms with Crippen molar-refractivity contribution in [3.05, 3.63) is 35.1 Å². The van der Waals surface area contributed by atoms with Crippen LogP contribution in [0.25, 0.3) is 0 Å². The summed E-state index contributed by atoms with van der Waals surface area (Å²) in [4.78, 5) is 12.1. The topological polar surface area (TPSA) is 32.3 Å². The summed E-state index contributed by atoms with van der Waals surface area (Å²) in [6.45, 7) is -0.193. The van der Waals surface area contributed by atoms with Crippen LogP contribution in [-0.2, 0) is 17.5 Å². The molecule has 1 saturated heterocycles. The third kappa shape index (κ3) is 4.83. The summed E-state index contributed by atoms with van der Waals surface area (Å²) in [5.74, 6) is -3.36. The van der Waals surface area contributed by atoms with Gasteiger partial charge >= 0.3 is 18.3 Å². The molecule has 0 radical (unpaired) electrons. The fourth-order valence-corrected chi connectivity index (χ4v) is 2.78. The van der Waals surface area contributed by atoms with E-state index in [0.29, 0.717) is 18.0 Å². The lowest BCUT2D eigenvalue weighted by molar-refractivity contribution is -0.189. The molecule has 1 N–H and O–H groups in total. The largest absolute Gasteiger partial charge is 0.471 e. The Morgan fingerprint density at radius 3 is 2.24 bits per heavy atom. The summed E-state index contributed by atoms with van der Waals surface area (Å²) in [6.07, 6.45) is -9.78. The normalized spacial score (nSPS) is 16.8. The average Bonchev–Trinajstić information content (AvgIpc) is 2.52. The van der Waals surface area contributed by atoms with Crippen LogP contribution >= 0.6 is 0 Å². The second-order valence-corrected chi connectivity index (χ2v) is 5.71. The van der Waals surface area contributed by atoms with Gasteiger partial charge in [0.15, 0.2) is 0 Å². The Morgan fingerprint density at radius 2 is 1.72 bits per heavy atom. The van der Waals surface area contributed by atoms with E-state index in [9.17, 15) is 35.5 Å². The molecular weight excluding hydrogens is 357 g/mol. The standard InChI is InChI=1S/C15H15F7N2O/c16-10-2-1-9(12(7-10)14(17,18)19)8-24(13(25)15(20,21)22)11-3-5-23-6-4-11/h1-2,7,11,23H,3-6,8H2. The number of hydrogen-bond donors (Lipinski definition) is 1. The predicted molar refractivity (Wildman–Crippen MR) is 73.9 cm³/mol. The Kier molecular flexibility index (Phi) is 5.60. The molecule has 2 rings (SSSR count). The van der Waals surface area contributed by atoms with Gasteiger partial charge in [0.05, 0.1) is 5.56 Å². The predicted octanol–water partition coefficient (Wildman–Crippen LogP) is 3.49. The van der Waals surface area contributed by atoms with Gasteiger partial charge in [-0.15, -0.1) is 0 Å². The molecule has 25 heavy (non-hydrogen) atoms. The van der Waals surface area contributed by atoms with E-state index in [1.54, 1.807) is 0 Å². The maximum Gasteiger partial charge on any atom is 0.471 e. The van der Waals surface area contributed by atoms with Crippen LogP contribution in [0.2, 0.25) is 0 Å². The smallest absolute Gasteiger partial charge is 0.327 e. The van der Waals surface area contributed by atoms with Crippen LogP contribution in [0, 0.1) is 5.82 Å². The quantitative estimate of drug-likeness (QED) is 0.824. The van der Waals surface area contributed by atoms with Crippen LogP contribution in [0.15, 0.2) is 18.2 Å². The number of benzene rings is 1. The Hall–Kier alpha value is -1.84. The number of halogens is 7. The maximum absolute atomic E-state index is 13.1. The summed E-state index contributed by atoms with van der Waals surface area (Å²) in [5.41, 5.74) is -1.97. The zero-order valence-corrected chi connectivity index (χ0v) is 12.8. The van der Waals surface area contributed by atoms with E-state index >= 15 is 0 Å². The Labute approximate surface area is 138 Å². The molecule has 0 bridgehead atoms. The number of hydrogen-bond acceptors (Lipinski definition) is 2. The average molecular weight is 372 g/mol. The lowest BCUT2D eigenvalue weighted by atomic mass is 10.0. The van der Waals surface area contributed by atoms with E-state index in [4.69, 9.17) is 0 Å². The Balaban J connectivity index is 2.38. The molecule has 1 fully saturated rings. The molecule has 1 heterocycles. The van der Waals surface area contributed by atoms with Gasteiger partial charge in [0.25, 0.3) is 0 Å². The van der Waals surface area contributed by atoms with Crippen LogP contribution in [0.4, 0.5) is 30.7 Å². The molecule has 10 heteroatoms. The van der Waals surface area contributed by atoms with Crippen molar-refractivity contribution in [3.63, 3.8) is 0 Å². The number of carbonyl (C=O) groups excluding carboxylic acids is 1. The third-order valence-corrected chi connectivity index (χ3v) is 3.97. The number of rotatable bonds is 3. The molecule has 0 aromatic heterocycles. The van der Waals surface area contributed by atoms with Gasteiger partial charge in [-0.2, -0.15) is 26.3 Å². The molecule has 3 nitrogen and oxygen atoms in total. The number of carbonyl (C=O) groups is 1. The molecule has 0 saturated carbocycles. The van der Waals surface area contributed by atoms with Gasteiger partial charge in [-0.1, -0.05) is 6.07 Å². The number of piperidine rings is 1. The van der Waals surface area contributed by atoms with E-state index in [-0.39, 0.29) is 18.9 Å². The first-order valence-corrected chi connectivity index (χ1v) is 7.44. The SMILES string of the molecule is O=C(N(Cc1ccc(F)cc1C(F)(F)F)C1CCNCC1)C(F)(F)F. The van der Waals surface area contributed by atoms with Gasteiger partial charge in [0.1, 0.15) is 5.82 Å². The van der Waals surface area contributed by atoms with E-state index in [0.717, 1.165) is 12.1 Å². The number of nitrogens with one attached hydrogen (secondary N) is 1. The van der Waals surface area contributed by atoms with Crippen LogP contribution in [0.5, 0.6) is 0 Å². The molecule has 0 aliphatic carbocycles. The fourth-order valence-electron chi connectivity index (χ4n) is 2.78. The summed E-state index contributed by atoms with van der Waals surface area (Å²) in [5, 5.41) is 2.91. The summed E-state index contributed by atoms with van der Waals surface area (Å²) in [6, 6.07) is 0.856. The Bertz CT molecular complexity index is 621. The highest BCUT2D eigenvalue weighted by Crippen LogP contribution is 2.34. The third-order valence-electron chi connectivity index (χ3n) is 3.97. The van der Waals surface area contributed by atoms with Crippen molar-refractivity contribution in [3.8, 4) is 0 Å². The molecule has 0 atom stereocenters. The second-order valence-electron chi connectivity index (χ2n) is 5.71. The van der Waals surface area contributed by atoms with Gasteiger partial charge in [0, 0.05) is 12.6 Å². The molecule has 1 aromatic rings. The molecule has 0 unspecified atom stereocenters. The van der Waals surface area contributed by atoms with E-state index in [1.165, 1.54) is 0 Å². The highest BCUT2D eigenvalue weighted by Gasteiger charge is 2.45. The van der Waals surface area contributed by atoms with Crippen molar-refractivity contribution < 1.29 is 35.5 Å². The highest BCUT2D eigenvalue weighted by molar-refractivity contribution is 5.82. The summed E-state index contributed by atoms with van der Waals surface area (Å²) in [7, 11) is 0. The molecule has 0 spiro atoms. The minimum absolute atomic E-state index is 0.185. The fraction of sp³-hybridized carbons (Fsp3) is 0.533. The lowest BCUT2D eigenvalue weighted by Crippen LogP contribution is -2.50. The van der Waals surface area contributed by atoms with Gasteiger partial charge in [0.2, 0.25) is 0 Å². The molecule has 1 amide bonds. The highest BCUT2D eigenvalue weighted by atomic mass is 19.4. The molecule has 1 aliphatic heterocycles. The zero-order chi connectivity index (χ0) is 18.8. The first-order chi connectivity index (χ1) is 11.5. The monoisotopic (exact) mass is 372 g/mol. The molecule has 1 aliphatic rings. The van der Waals surface area contributed by atoms with Crippen LogP contribution < -0.4 is 5.32 Å². The minimum Gasteiger partial charge on any atom is -0.327 e. The second kappa shape index (κ2) is 7.19. The van der Waals surface area contributed by atoms with E-state index in [1.807, 2.05) is 0 Å². The Morgan fingerprint density at radius 1 is 1.12 bits per heavy atom. The van der Waals surface area contributed by atoms with Crippen LogP contribution in [0.3, 0.4) is 0 Å². The van der Waals surface area contributed by atoms with Crippen molar-refractivity contribution in [2.75, 3.05) is 13.1 Å². The molecule has 140 valence electrons. The first-order valence-electron chi connectivity index (χ1n) is 7.44. The minimum atomic E-state index is -5.21. The van der Waals surface area contributed by atoms with Crippen molar-refractivity contribution >= 4 is 5.91 Å². The van der Waals surface area contributed by atoms with Gasteiger partial charge in [-0.3, -0.25) is 4.79 Å². The maximum atomic E-state index is 13.1. The molecule has 1 aromatic carbocycles. The van der Waals surface area contributed by atoms with Gasteiger partial charge in [-0.05, 0) is 43.6 Å². The number of amides is 1.